The van der Waals surface area contributed by atoms with Gasteiger partial charge in [0.25, 0.3) is 12.3 Å². The number of aliphatic imine (C=N–C) groups is 1. The van der Waals surface area contributed by atoms with Crippen LogP contribution in [0.15, 0.2) is 66.2 Å². The third kappa shape index (κ3) is 7.23. The Bertz CT molecular complexity index is 2070. The van der Waals surface area contributed by atoms with Crippen molar-refractivity contribution in [2.75, 3.05) is 6.61 Å². The molecule has 1 unspecified atom stereocenters. The second-order valence-electron chi connectivity index (χ2n) is 13.9. The molecule has 19 heteroatoms. The number of hydrogen-bond donors (Lipinski definition) is 2. The van der Waals surface area contributed by atoms with E-state index in [0.29, 0.717) is 5.56 Å². The quantitative estimate of drug-likeness (QED) is 0.167. The van der Waals surface area contributed by atoms with Gasteiger partial charge in [-0.3, -0.25) is 9.69 Å². The van der Waals surface area contributed by atoms with E-state index >= 15 is 4.39 Å². The zero-order valence-electron chi connectivity index (χ0n) is 28.3. The first-order valence-corrected chi connectivity index (χ1v) is 16.5. The Morgan fingerprint density at radius 1 is 1.08 bits per heavy atom. The molecule has 1 aliphatic heterocycles. The van der Waals surface area contributed by atoms with E-state index in [4.69, 9.17) is 22.1 Å². The number of nitrogens with two attached hydrogens (primary N) is 1. The molecule has 280 valence electrons. The molecule has 53 heavy (non-hydrogen) atoms. The number of nitrogens with zero attached hydrogens (tertiary/aromatic N) is 7. The van der Waals surface area contributed by atoms with Crippen molar-refractivity contribution >= 4 is 29.6 Å². The molecule has 3 heterocycles. The van der Waals surface area contributed by atoms with E-state index in [1.54, 1.807) is 26.8 Å². The van der Waals surface area contributed by atoms with Crippen LogP contribution in [0.1, 0.15) is 69.5 Å². The first-order valence-electron chi connectivity index (χ1n) is 16.1. The van der Waals surface area contributed by atoms with Gasteiger partial charge in [-0.05, 0) is 54.5 Å². The maximum atomic E-state index is 16.2. The van der Waals surface area contributed by atoms with Crippen molar-refractivity contribution in [3.63, 3.8) is 0 Å². The maximum absolute atomic E-state index is 16.2. The van der Waals surface area contributed by atoms with Gasteiger partial charge < -0.3 is 15.8 Å². The number of guanidine groups is 1. The maximum Gasteiger partial charge on any atom is 0.411 e. The summed E-state index contributed by atoms with van der Waals surface area (Å²) in [6.45, 7) is 4.58. The highest BCUT2D eigenvalue weighted by Crippen LogP contribution is 2.49. The molecule has 2 aliphatic rings. The zero-order chi connectivity index (χ0) is 38.5. The van der Waals surface area contributed by atoms with Gasteiger partial charge >= 0.3 is 12.3 Å². The minimum absolute atomic E-state index is 0.0690. The van der Waals surface area contributed by atoms with E-state index in [1.807, 2.05) is 5.32 Å². The summed E-state index contributed by atoms with van der Waals surface area (Å²) in [6, 6.07) is 8.10. The molecule has 0 spiro atoms. The monoisotopic (exact) mass is 763 g/mol. The van der Waals surface area contributed by atoms with Gasteiger partial charge in [-0.1, -0.05) is 50.6 Å². The molecule has 0 saturated heterocycles. The Labute approximate surface area is 303 Å². The number of rotatable bonds is 10. The first kappa shape index (κ1) is 37.5. The summed E-state index contributed by atoms with van der Waals surface area (Å²) in [5.74, 6) is -2.68. The Kier molecular flexibility index (Phi) is 9.63. The summed E-state index contributed by atoms with van der Waals surface area (Å²) in [7, 11) is 0. The topological polar surface area (TPSA) is 154 Å². The fourth-order valence-corrected chi connectivity index (χ4v) is 6.48. The molecule has 2 amide bonds. The molecule has 2 aromatic carbocycles. The van der Waals surface area contributed by atoms with Crippen LogP contribution in [-0.4, -0.2) is 65.9 Å². The summed E-state index contributed by atoms with van der Waals surface area (Å²) in [5.41, 5.74) is 1.45. The molecule has 1 saturated carbocycles. The number of amides is 2. The second-order valence-corrected chi connectivity index (χ2v) is 14.3. The highest BCUT2D eigenvalue weighted by molar-refractivity contribution is 6.32. The minimum Gasteiger partial charge on any atom is -0.447 e. The normalized spacial score (nSPS) is 19.0. The fraction of sp³-hybridized carbons (Fsp3) is 0.382. The van der Waals surface area contributed by atoms with Crippen LogP contribution in [0.4, 0.5) is 31.1 Å². The van der Waals surface area contributed by atoms with Gasteiger partial charge in [0.2, 0.25) is 0 Å². The molecule has 2 atom stereocenters. The van der Waals surface area contributed by atoms with Crippen molar-refractivity contribution < 1.29 is 40.7 Å². The summed E-state index contributed by atoms with van der Waals surface area (Å²) in [6.07, 6.45) is -6.23. The van der Waals surface area contributed by atoms with E-state index in [2.05, 4.69) is 25.0 Å². The minimum atomic E-state index is -4.75. The zero-order valence-corrected chi connectivity index (χ0v) is 29.1. The number of nitrogens with one attached hydrogen (secondary N) is 1. The van der Waals surface area contributed by atoms with Crippen LogP contribution in [0, 0.1) is 11.2 Å². The number of hydrogen-bond acceptors (Lipinski definition) is 9. The van der Waals surface area contributed by atoms with Crippen molar-refractivity contribution in [1.82, 2.24) is 34.9 Å². The Morgan fingerprint density at radius 2 is 1.77 bits per heavy atom. The van der Waals surface area contributed by atoms with Gasteiger partial charge in [0.05, 0.1) is 16.8 Å². The Balaban J connectivity index is 1.43. The van der Waals surface area contributed by atoms with Crippen LogP contribution in [0.3, 0.4) is 0 Å². The molecule has 2 aromatic heterocycles. The highest BCUT2D eigenvalue weighted by atomic mass is 35.5. The number of ether oxygens (including phenoxy) is 1. The smallest absolute Gasteiger partial charge is 0.411 e. The average Bonchev–Trinajstić information content (AvgIpc) is 3.63. The number of carbonyl (C=O) groups is 2. The molecular formula is C34H32ClF6N9O3. The van der Waals surface area contributed by atoms with Crippen molar-refractivity contribution in [1.29, 1.82) is 0 Å². The molecule has 3 N–H and O–H groups in total. The SMILES string of the molecule is CC(C)(C)C[C@]1(c2ccc(-c3ncccn3)cc2F)N=C(N)N(C(COC(=O)NC2(C(F)(F)F)CC2)c2ccc(Cl)c(-n3ncnc3C(F)F)c2)C1=O. The molecule has 12 nitrogen and oxygen atoms in total. The number of aromatic nitrogens is 5. The van der Waals surface area contributed by atoms with E-state index in [9.17, 15) is 31.5 Å². The van der Waals surface area contributed by atoms with Crippen LogP contribution in [0.5, 0.6) is 0 Å². The van der Waals surface area contributed by atoms with Gasteiger partial charge in [-0.2, -0.15) is 18.3 Å². The highest BCUT2D eigenvalue weighted by Gasteiger charge is 2.64. The predicted octanol–water partition coefficient (Wildman–Crippen LogP) is 6.81. The van der Waals surface area contributed by atoms with Gasteiger partial charge in [0, 0.05) is 23.5 Å². The summed E-state index contributed by atoms with van der Waals surface area (Å²) >= 11 is 6.39. The number of alkyl carbamates (subject to hydrolysis) is 1. The molecule has 1 fully saturated rings. The van der Waals surface area contributed by atoms with Gasteiger partial charge in [0.15, 0.2) is 23.1 Å². The third-order valence-electron chi connectivity index (χ3n) is 8.82. The summed E-state index contributed by atoms with van der Waals surface area (Å²) < 4.78 is 90.9. The van der Waals surface area contributed by atoms with E-state index in [1.165, 1.54) is 42.7 Å². The summed E-state index contributed by atoms with van der Waals surface area (Å²) in [5, 5.41) is 5.62. The average molecular weight is 764 g/mol. The van der Waals surface area contributed by atoms with E-state index < -0.39 is 71.3 Å². The lowest BCUT2D eigenvalue weighted by Crippen LogP contribution is -2.50. The van der Waals surface area contributed by atoms with Crippen LogP contribution >= 0.6 is 11.6 Å². The lowest BCUT2D eigenvalue weighted by atomic mass is 9.75. The number of benzene rings is 2. The molecule has 6 rings (SSSR count). The van der Waals surface area contributed by atoms with Crippen LogP contribution in [0.2, 0.25) is 5.02 Å². The standard InChI is InChI=1S/C34H32ClF6N9O3/c1-31(2,3)16-33(20-7-5-19(13-22(20)36)26-43-11-4-12-44-26)28(51)49(29(42)47-33)24(15-53-30(52)48-32(9-10-32)34(39,40)41)18-6-8-21(35)23(14-18)50-27(25(37)38)45-17-46-50/h4-8,11-14,17,24-25H,9-10,15-16H2,1-3H3,(H2,42,47)(H,48,52)/t24?,33-/m1/s1. The van der Waals surface area contributed by atoms with Gasteiger partial charge in [0.1, 0.15) is 24.3 Å². The Hall–Kier alpha value is -5.26. The first-order chi connectivity index (χ1) is 24.9. The van der Waals surface area contributed by atoms with Crippen LogP contribution in [-0.2, 0) is 15.1 Å². The van der Waals surface area contributed by atoms with Crippen LogP contribution < -0.4 is 11.1 Å². The van der Waals surface area contributed by atoms with Crippen LogP contribution in [0.25, 0.3) is 17.1 Å². The fourth-order valence-electron chi connectivity index (χ4n) is 6.29. The summed E-state index contributed by atoms with van der Waals surface area (Å²) in [4.78, 5) is 45.0. The Morgan fingerprint density at radius 3 is 2.38 bits per heavy atom. The molecule has 0 bridgehead atoms. The van der Waals surface area contributed by atoms with Crippen molar-refractivity contribution in [3.8, 4) is 17.1 Å². The third-order valence-corrected chi connectivity index (χ3v) is 9.14. The predicted molar refractivity (Wildman–Crippen MR) is 178 cm³/mol. The largest absolute Gasteiger partial charge is 0.447 e. The van der Waals surface area contributed by atoms with Crippen molar-refractivity contribution in [3.05, 3.63) is 89.0 Å². The van der Waals surface area contributed by atoms with Gasteiger partial charge in [-0.15, -0.1) is 0 Å². The van der Waals surface area contributed by atoms with Crippen molar-refractivity contribution in [2.45, 2.75) is 69.8 Å². The number of halogens is 7. The second kappa shape index (κ2) is 13.6. The number of alkyl halides is 5. The molecular weight excluding hydrogens is 732 g/mol. The van der Waals surface area contributed by atoms with E-state index in [0.717, 1.165) is 22.0 Å². The van der Waals surface area contributed by atoms with E-state index in [-0.39, 0.29) is 46.9 Å². The van der Waals surface area contributed by atoms with Gasteiger partial charge in [-0.25, -0.2) is 42.6 Å². The molecule has 0 radical (unpaired) electrons. The number of carbonyl (C=O) groups excluding carboxylic acids is 2. The van der Waals surface area contributed by atoms with Crippen molar-refractivity contribution in [2.24, 2.45) is 16.1 Å². The molecule has 1 aliphatic carbocycles. The lowest BCUT2D eigenvalue weighted by molar-refractivity contribution is -0.164. The lowest BCUT2D eigenvalue weighted by Gasteiger charge is -2.35. The molecule has 4 aromatic rings.